The Hall–Kier alpha value is -3.88. The van der Waals surface area contributed by atoms with E-state index < -0.39 is 8.07 Å². The average Bonchev–Trinajstić information content (AvgIpc) is 3.23. The number of para-hydroxylation sites is 2. The highest BCUT2D eigenvalue weighted by Crippen LogP contribution is 2.31. The third-order valence-electron chi connectivity index (χ3n) is 6.97. The van der Waals surface area contributed by atoms with Crippen LogP contribution in [0.4, 0.5) is 0 Å². The molecular weight excluding hydrogens is 414 g/mol. The maximum absolute atomic E-state index is 2.48. The summed E-state index contributed by atoms with van der Waals surface area (Å²) in [6.45, 7) is 2.48. The highest BCUT2D eigenvalue weighted by atomic mass is 28.3. The summed E-state index contributed by atoms with van der Waals surface area (Å²) in [4.78, 5) is 0. The first-order valence-corrected chi connectivity index (χ1v) is 14.0. The van der Waals surface area contributed by atoms with Crippen LogP contribution in [0.15, 0.2) is 133 Å². The number of nitrogens with zero attached hydrogens (tertiary/aromatic N) is 1. The van der Waals surface area contributed by atoms with Gasteiger partial charge in [-0.05, 0) is 39.8 Å². The molecule has 6 aromatic rings. The highest BCUT2D eigenvalue weighted by Gasteiger charge is 2.34. The van der Waals surface area contributed by atoms with Crippen LogP contribution in [-0.4, -0.2) is 12.6 Å². The van der Waals surface area contributed by atoms with Gasteiger partial charge in [0.25, 0.3) is 0 Å². The summed E-state index contributed by atoms with van der Waals surface area (Å²) in [5.74, 6) is 0. The van der Waals surface area contributed by atoms with E-state index in [0.717, 1.165) is 0 Å². The normalized spacial score (nSPS) is 11.8. The molecule has 0 aliphatic heterocycles. The van der Waals surface area contributed by atoms with E-state index in [0.29, 0.717) is 0 Å². The summed E-state index contributed by atoms with van der Waals surface area (Å²) in [6, 6.07) is 48.7. The number of aromatic nitrogens is 1. The molecule has 158 valence electrons. The van der Waals surface area contributed by atoms with Crippen LogP contribution in [0.5, 0.6) is 0 Å². The van der Waals surface area contributed by atoms with Gasteiger partial charge in [-0.1, -0.05) is 116 Å². The van der Waals surface area contributed by atoms with Crippen molar-refractivity contribution in [2.75, 3.05) is 0 Å². The van der Waals surface area contributed by atoms with Gasteiger partial charge in [0.2, 0.25) is 0 Å². The third kappa shape index (κ3) is 3.14. The van der Waals surface area contributed by atoms with Crippen molar-refractivity contribution in [2.45, 2.75) is 6.55 Å². The van der Waals surface area contributed by atoms with Crippen LogP contribution in [0.3, 0.4) is 0 Å². The fourth-order valence-corrected chi connectivity index (χ4v) is 8.75. The molecule has 0 bridgehead atoms. The molecule has 1 heterocycles. The van der Waals surface area contributed by atoms with Gasteiger partial charge in [-0.3, -0.25) is 0 Å². The molecule has 5 aromatic carbocycles. The molecule has 1 nitrogen and oxygen atoms in total. The lowest BCUT2D eigenvalue weighted by Gasteiger charge is -2.29. The lowest BCUT2D eigenvalue weighted by atomic mass is 10.1. The van der Waals surface area contributed by atoms with Crippen molar-refractivity contribution in [3.8, 4) is 5.69 Å². The van der Waals surface area contributed by atoms with E-state index in [4.69, 9.17) is 0 Å². The van der Waals surface area contributed by atoms with Crippen LogP contribution < -0.4 is 15.6 Å². The van der Waals surface area contributed by atoms with Gasteiger partial charge in [-0.2, -0.15) is 0 Å². The van der Waals surface area contributed by atoms with E-state index in [-0.39, 0.29) is 0 Å². The maximum atomic E-state index is 2.48. The Morgan fingerprint density at radius 3 is 1.61 bits per heavy atom. The molecule has 0 aliphatic rings. The van der Waals surface area contributed by atoms with Gasteiger partial charge in [-0.25, -0.2) is 0 Å². The van der Waals surface area contributed by atoms with Gasteiger partial charge in [0, 0.05) is 16.5 Å². The minimum atomic E-state index is -2.16. The quantitative estimate of drug-likeness (QED) is 0.239. The van der Waals surface area contributed by atoms with E-state index in [2.05, 4.69) is 145 Å². The van der Waals surface area contributed by atoms with Crippen LogP contribution in [0, 0.1) is 0 Å². The van der Waals surface area contributed by atoms with Gasteiger partial charge in [0.05, 0.1) is 11.0 Å². The molecule has 6 rings (SSSR count). The second-order valence-corrected chi connectivity index (χ2v) is 12.8. The lowest BCUT2D eigenvalue weighted by Crippen LogP contribution is -2.64. The molecule has 0 unspecified atom stereocenters. The number of rotatable bonds is 4. The zero-order valence-corrected chi connectivity index (χ0v) is 19.6. The van der Waals surface area contributed by atoms with Crippen LogP contribution in [-0.2, 0) is 0 Å². The Labute approximate surface area is 195 Å². The molecule has 0 aliphatic carbocycles. The number of benzene rings is 5. The van der Waals surface area contributed by atoms with Crippen LogP contribution >= 0.6 is 0 Å². The zero-order chi connectivity index (χ0) is 22.3. The fraction of sp³-hybridized carbons (Fsp3) is 0.0323. The predicted octanol–water partition coefficient (Wildman–Crippen LogP) is 5.88. The van der Waals surface area contributed by atoms with Gasteiger partial charge < -0.3 is 4.57 Å². The summed E-state index contributed by atoms with van der Waals surface area (Å²) in [5, 5.41) is 6.92. The van der Waals surface area contributed by atoms with Crippen molar-refractivity contribution in [3.05, 3.63) is 133 Å². The molecule has 0 saturated heterocycles. The number of hydrogen-bond acceptors (Lipinski definition) is 0. The maximum Gasteiger partial charge on any atom is 0.145 e. The molecule has 0 saturated carbocycles. The zero-order valence-electron chi connectivity index (χ0n) is 18.6. The Bertz CT molecular complexity index is 1510. The van der Waals surface area contributed by atoms with Crippen molar-refractivity contribution in [1.82, 2.24) is 4.57 Å². The molecule has 33 heavy (non-hydrogen) atoms. The average molecular weight is 440 g/mol. The molecule has 0 amide bonds. The second-order valence-electron chi connectivity index (χ2n) is 8.78. The van der Waals surface area contributed by atoms with Gasteiger partial charge in [0.15, 0.2) is 0 Å². The summed E-state index contributed by atoms with van der Waals surface area (Å²) in [6.07, 6.45) is 0. The first-order valence-electron chi connectivity index (χ1n) is 11.5. The SMILES string of the molecule is C[Si](c1ccccc1)(c1ccccc1)c1ccc2c(c1)c1ccccc1n2-c1ccccc1. The van der Waals surface area contributed by atoms with Gasteiger partial charge in [-0.15, -0.1) is 0 Å². The van der Waals surface area contributed by atoms with Gasteiger partial charge in [0.1, 0.15) is 8.07 Å². The molecule has 2 heteroatoms. The largest absolute Gasteiger partial charge is 0.309 e. The van der Waals surface area contributed by atoms with E-state index >= 15 is 0 Å². The minimum absolute atomic E-state index is 1.20. The van der Waals surface area contributed by atoms with Crippen LogP contribution in [0.25, 0.3) is 27.5 Å². The smallest absolute Gasteiger partial charge is 0.145 e. The summed E-state index contributed by atoms with van der Waals surface area (Å²) < 4.78 is 2.39. The van der Waals surface area contributed by atoms with Crippen molar-refractivity contribution >= 4 is 45.4 Å². The first-order chi connectivity index (χ1) is 16.3. The number of hydrogen-bond donors (Lipinski definition) is 0. The molecule has 0 radical (unpaired) electrons. The number of fused-ring (bicyclic) bond motifs is 3. The van der Waals surface area contributed by atoms with E-state index in [1.165, 1.54) is 43.1 Å². The lowest BCUT2D eigenvalue weighted by molar-refractivity contribution is 1.18. The molecular formula is C31H25NSi. The van der Waals surface area contributed by atoms with E-state index in [1.54, 1.807) is 0 Å². The van der Waals surface area contributed by atoms with E-state index in [1.807, 2.05) is 0 Å². The van der Waals surface area contributed by atoms with Crippen LogP contribution in [0.1, 0.15) is 0 Å². The Morgan fingerprint density at radius 2 is 0.970 bits per heavy atom. The Morgan fingerprint density at radius 1 is 0.455 bits per heavy atom. The van der Waals surface area contributed by atoms with Crippen molar-refractivity contribution in [3.63, 3.8) is 0 Å². The summed E-state index contributed by atoms with van der Waals surface area (Å²) >= 11 is 0. The predicted molar refractivity (Wildman–Crippen MR) is 144 cm³/mol. The first kappa shape index (κ1) is 19.8. The third-order valence-corrected chi connectivity index (χ3v) is 11.4. The topological polar surface area (TPSA) is 4.93 Å². The van der Waals surface area contributed by atoms with E-state index in [9.17, 15) is 0 Å². The molecule has 0 spiro atoms. The summed E-state index contributed by atoms with van der Waals surface area (Å²) in [7, 11) is -2.16. The monoisotopic (exact) mass is 439 g/mol. The van der Waals surface area contributed by atoms with Crippen LogP contribution in [0.2, 0.25) is 6.55 Å². The highest BCUT2D eigenvalue weighted by molar-refractivity contribution is 7.10. The molecule has 0 fully saturated rings. The van der Waals surface area contributed by atoms with Gasteiger partial charge >= 0.3 is 0 Å². The minimum Gasteiger partial charge on any atom is -0.309 e. The van der Waals surface area contributed by atoms with Crippen molar-refractivity contribution in [2.24, 2.45) is 0 Å². The van der Waals surface area contributed by atoms with Crippen molar-refractivity contribution in [1.29, 1.82) is 0 Å². The standard InChI is InChI=1S/C31H25NSi/c1-33(25-15-7-3-8-16-25,26-17-9-4-10-18-26)27-21-22-31-29(23-27)28-19-11-12-20-30(28)32(31)24-13-5-2-6-14-24/h2-23H,1H3. The molecule has 1 aromatic heterocycles. The Kier molecular flexibility index (Phi) is 4.74. The molecule has 0 atom stereocenters. The fourth-order valence-electron chi connectivity index (χ4n) is 5.18. The second kappa shape index (κ2) is 7.91. The van der Waals surface area contributed by atoms with Crippen molar-refractivity contribution < 1.29 is 0 Å². The summed E-state index contributed by atoms with van der Waals surface area (Å²) in [5.41, 5.74) is 3.70. The Balaban J connectivity index is 1.66. The molecule has 0 N–H and O–H groups in total.